The molecule has 0 atom stereocenters. The van der Waals surface area contributed by atoms with Gasteiger partial charge in [0, 0.05) is 37.1 Å². The molecule has 0 N–H and O–H groups in total. The number of para-hydroxylation sites is 1. The Balaban J connectivity index is 1.89. The van der Waals surface area contributed by atoms with Gasteiger partial charge in [-0.15, -0.1) is 0 Å². The maximum atomic E-state index is 13.0. The number of fused-ring (bicyclic) bond motifs is 3. The lowest BCUT2D eigenvalue weighted by atomic mass is 9.94. The number of likely N-dealkylation sites (N-methyl/N-ethyl adjacent to an activating group) is 1. The zero-order chi connectivity index (χ0) is 19.8. The smallest absolute Gasteiger partial charge is 0.338 e. The minimum atomic E-state index is -0.329. The highest BCUT2D eigenvalue weighted by Gasteiger charge is 2.28. The number of carbonyl (C=O) groups is 2. The molecule has 4 rings (SSSR count). The summed E-state index contributed by atoms with van der Waals surface area (Å²) in [7, 11) is 3.74. The van der Waals surface area contributed by atoms with Crippen molar-refractivity contribution in [3.8, 4) is 0 Å². The fourth-order valence-electron chi connectivity index (χ4n) is 3.77. The first kappa shape index (κ1) is 18.0. The highest BCUT2D eigenvalue weighted by atomic mass is 16.5. The molecule has 1 aliphatic heterocycles. The number of aromatic nitrogens is 1. The summed E-state index contributed by atoms with van der Waals surface area (Å²) < 4.78 is 7.04. The van der Waals surface area contributed by atoms with Crippen molar-refractivity contribution in [2.24, 2.45) is 7.05 Å². The summed E-state index contributed by atoms with van der Waals surface area (Å²) in [6.45, 7) is 2.66. The molecule has 1 aromatic heterocycles. The van der Waals surface area contributed by atoms with Crippen molar-refractivity contribution in [1.82, 2.24) is 9.47 Å². The molecule has 3 aromatic rings. The molecule has 2 aromatic carbocycles. The second-order valence-corrected chi connectivity index (χ2v) is 6.90. The summed E-state index contributed by atoms with van der Waals surface area (Å²) in [4.78, 5) is 26.7. The van der Waals surface area contributed by atoms with Crippen molar-refractivity contribution in [3.63, 3.8) is 0 Å². The van der Waals surface area contributed by atoms with Crippen molar-refractivity contribution in [2.75, 3.05) is 20.2 Å². The van der Waals surface area contributed by atoms with E-state index in [4.69, 9.17) is 4.74 Å². The van der Waals surface area contributed by atoms with Gasteiger partial charge in [0.2, 0.25) is 0 Å². The van der Waals surface area contributed by atoms with E-state index in [0.717, 1.165) is 27.6 Å². The zero-order valence-electron chi connectivity index (χ0n) is 16.2. The van der Waals surface area contributed by atoms with Crippen molar-refractivity contribution in [1.29, 1.82) is 0 Å². The van der Waals surface area contributed by atoms with Crippen LogP contribution in [0.2, 0.25) is 0 Å². The molecule has 5 nitrogen and oxygen atoms in total. The standard InChI is InChI=1S/C23H22N2O3/c1-4-28-23(27)16-11-9-15(10-12-16)17-13-14-24(2)22(26)21-20(17)18-7-5-6-8-19(18)25(21)3/h5-13H,4,14H2,1-3H3. The molecule has 0 radical (unpaired) electrons. The van der Waals surface area contributed by atoms with Gasteiger partial charge in [0.1, 0.15) is 5.69 Å². The molecule has 5 heteroatoms. The van der Waals surface area contributed by atoms with Gasteiger partial charge >= 0.3 is 5.97 Å². The zero-order valence-corrected chi connectivity index (χ0v) is 16.2. The van der Waals surface area contributed by atoms with Gasteiger partial charge in [-0.05, 0) is 36.3 Å². The number of rotatable bonds is 3. The van der Waals surface area contributed by atoms with Gasteiger partial charge in [0.05, 0.1) is 12.2 Å². The molecule has 0 aliphatic carbocycles. The monoisotopic (exact) mass is 374 g/mol. The van der Waals surface area contributed by atoms with Crippen molar-refractivity contribution in [2.45, 2.75) is 6.92 Å². The third-order valence-electron chi connectivity index (χ3n) is 5.20. The van der Waals surface area contributed by atoms with Crippen LogP contribution in [0.1, 0.15) is 38.9 Å². The lowest BCUT2D eigenvalue weighted by Crippen LogP contribution is -2.27. The number of carbonyl (C=O) groups excluding carboxylic acids is 2. The van der Waals surface area contributed by atoms with E-state index in [1.807, 2.05) is 55.1 Å². The Morgan fingerprint density at radius 1 is 1.07 bits per heavy atom. The van der Waals surface area contributed by atoms with Gasteiger partial charge in [0.15, 0.2) is 0 Å². The number of aryl methyl sites for hydroxylation is 1. The first-order chi connectivity index (χ1) is 13.5. The normalized spacial score (nSPS) is 13.9. The Kier molecular flexibility index (Phi) is 4.51. The second-order valence-electron chi connectivity index (χ2n) is 6.90. The van der Waals surface area contributed by atoms with E-state index in [1.54, 1.807) is 24.0 Å². The first-order valence-electron chi connectivity index (χ1n) is 9.34. The SMILES string of the molecule is CCOC(=O)c1ccc(C2=CCN(C)C(=O)c3c2c2ccccc2n3C)cc1. The van der Waals surface area contributed by atoms with Gasteiger partial charge in [-0.2, -0.15) is 0 Å². The van der Waals surface area contributed by atoms with E-state index in [1.165, 1.54) is 0 Å². The van der Waals surface area contributed by atoms with E-state index < -0.39 is 0 Å². The minimum Gasteiger partial charge on any atom is -0.462 e. The molecule has 142 valence electrons. The highest BCUT2D eigenvalue weighted by Crippen LogP contribution is 2.37. The van der Waals surface area contributed by atoms with Crippen molar-refractivity contribution < 1.29 is 14.3 Å². The van der Waals surface area contributed by atoms with Gasteiger partial charge in [0.25, 0.3) is 5.91 Å². The minimum absolute atomic E-state index is 0.00286. The fraction of sp³-hybridized carbons (Fsp3) is 0.217. The number of hydrogen-bond acceptors (Lipinski definition) is 3. The van der Waals surface area contributed by atoms with Gasteiger partial charge in [-0.1, -0.05) is 36.4 Å². The molecule has 28 heavy (non-hydrogen) atoms. The van der Waals surface area contributed by atoms with E-state index in [2.05, 4.69) is 6.08 Å². The molecule has 2 heterocycles. The topological polar surface area (TPSA) is 51.5 Å². The number of amides is 1. The predicted molar refractivity (Wildman–Crippen MR) is 109 cm³/mol. The molecule has 0 saturated carbocycles. The Morgan fingerprint density at radius 2 is 1.79 bits per heavy atom. The number of ether oxygens (including phenoxy) is 1. The van der Waals surface area contributed by atoms with E-state index in [9.17, 15) is 9.59 Å². The van der Waals surface area contributed by atoms with Crippen LogP contribution in [-0.2, 0) is 11.8 Å². The number of esters is 1. The Morgan fingerprint density at radius 3 is 2.50 bits per heavy atom. The lowest BCUT2D eigenvalue weighted by molar-refractivity contribution is 0.0526. The van der Waals surface area contributed by atoms with E-state index >= 15 is 0 Å². The van der Waals surface area contributed by atoms with Crippen LogP contribution in [0.25, 0.3) is 16.5 Å². The number of benzene rings is 2. The second kappa shape index (κ2) is 7.00. The van der Waals surface area contributed by atoms with E-state index in [0.29, 0.717) is 24.4 Å². The summed E-state index contributed by atoms with van der Waals surface area (Å²) in [5.41, 5.74) is 5.13. The van der Waals surface area contributed by atoms with Gasteiger partial charge < -0.3 is 14.2 Å². The quantitative estimate of drug-likeness (QED) is 0.654. The highest BCUT2D eigenvalue weighted by molar-refractivity contribution is 6.10. The summed E-state index contributed by atoms with van der Waals surface area (Å²) >= 11 is 0. The first-order valence-corrected chi connectivity index (χ1v) is 9.34. The number of nitrogens with zero attached hydrogens (tertiary/aromatic N) is 2. The van der Waals surface area contributed by atoms with Crippen LogP contribution in [0.15, 0.2) is 54.6 Å². The maximum Gasteiger partial charge on any atom is 0.338 e. The maximum absolute atomic E-state index is 13.0. The molecule has 1 amide bonds. The molecule has 1 aliphatic rings. The predicted octanol–water partition coefficient (Wildman–Crippen LogP) is 3.87. The summed E-state index contributed by atoms with van der Waals surface area (Å²) in [5.74, 6) is -0.326. The van der Waals surface area contributed by atoms with Gasteiger partial charge in [-0.25, -0.2) is 4.79 Å². The van der Waals surface area contributed by atoms with Crippen molar-refractivity contribution in [3.05, 3.63) is 77.0 Å². The van der Waals surface area contributed by atoms with Crippen LogP contribution >= 0.6 is 0 Å². The van der Waals surface area contributed by atoms with E-state index in [-0.39, 0.29) is 11.9 Å². The van der Waals surface area contributed by atoms with Crippen molar-refractivity contribution >= 4 is 28.4 Å². The Bertz CT molecular complexity index is 1110. The third kappa shape index (κ3) is 2.80. The fourth-order valence-corrected chi connectivity index (χ4v) is 3.77. The Hall–Kier alpha value is -3.34. The van der Waals surface area contributed by atoms with Crippen LogP contribution in [0.5, 0.6) is 0 Å². The molecule has 0 saturated heterocycles. The molecule has 0 fully saturated rings. The number of hydrogen-bond donors (Lipinski definition) is 0. The molecular weight excluding hydrogens is 352 g/mol. The Labute approximate surface area is 163 Å². The summed E-state index contributed by atoms with van der Waals surface area (Å²) in [6.07, 6.45) is 2.08. The lowest BCUT2D eigenvalue weighted by Gasteiger charge is -2.14. The van der Waals surface area contributed by atoms with Crippen LogP contribution in [0, 0.1) is 0 Å². The molecule has 0 spiro atoms. The summed E-state index contributed by atoms with van der Waals surface area (Å²) in [5, 5.41) is 1.05. The van der Waals surface area contributed by atoms with Crippen LogP contribution < -0.4 is 0 Å². The van der Waals surface area contributed by atoms with Crippen LogP contribution in [-0.4, -0.2) is 41.5 Å². The van der Waals surface area contributed by atoms with Crippen LogP contribution in [0.4, 0.5) is 0 Å². The average molecular weight is 374 g/mol. The summed E-state index contributed by atoms with van der Waals surface area (Å²) in [6, 6.07) is 15.4. The molecule has 0 unspecified atom stereocenters. The largest absolute Gasteiger partial charge is 0.462 e. The molecular formula is C23H22N2O3. The van der Waals surface area contributed by atoms with Gasteiger partial charge in [-0.3, -0.25) is 4.79 Å². The van der Waals surface area contributed by atoms with Crippen LogP contribution in [0.3, 0.4) is 0 Å². The molecule has 0 bridgehead atoms. The average Bonchev–Trinajstić information content (AvgIpc) is 2.93. The third-order valence-corrected chi connectivity index (χ3v) is 5.20.